The van der Waals surface area contributed by atoms with E-state index in [1.165, 1.54) is 0 Å². The summed E-state index contributed by atoms with van der Waals surface area (Å²) in [4.78, 5) is 25.7. The first-order valence-corrected chi connectivity index (χ1v) is 9.84. The Bertz CT molecular complexity index is 980. The Balaban J connectivity index is 1.66. The molecule has 0 radical (unpaired) electrons. The first-order chi connectivity index (χ1) is 14.1. The van der Waals surface area contributed by atoms with Crippen LogP contribution in [0.1, 0.15) is 17.3 Å². The molecule has 29 heavy (non-hydrogen) atoms. The molecule has 1 saturated heterocycles. The standard InChI is InChI=1S/C23H25N5O/c1-17(29)18-8-10-20(11-9-18)24-23-25-21(19-6-4-3-5-7-19)16-22(26-23)28-14-12-27(2)13-15-28/h3-11,16H,12-15H2,1-2H3,(H,24,25,26). The van der Waals surface area contributed by atoms with E-state index in [0.29, 0.717) is 11.5 Å². The fraction of sp³-hybridized carbons (Fsp3) is 0.261. The van der Waals surface area contributed by atoms with E-state index >= 15 is 0 Å². The van der Waals surface area contributed by atoms with Crippen LogP contribution in [-0.2, 0) is 0 Å². The minimum Gasteiger partial charge on any atom is -0.354 e. The van der Waals surface area contributed by atoms with Gasteiger partial charge in [-0.3, -0.25) is 4.79 Å². The number of aromatic nitrogens is 2. The summed E-state index contributed by atoms with van der Waals surface area (Å²) in [5.74, 6) is 1.53. The highest BCUT2D eigenvalue weighted by Gasteiger charge is 2.17. The van der Waals surface area contributed by atoms with Crippen LogP contribution in [0.25, 0.3) is 11.3 Å². The zero-order valence-corrected chi connectivity index (χ0v) is 16.8. The molecule has 148 valence electrons. The molecular weight excluding hydrogens is 362 g/mol. The third-order valence-electron chi connectivity index (χ3n) is 5.16. The lowest BCUT2D eigenvalue weighted by atomic mass is 10.1. The fourth-order valence-electron chi connectivity index (χ4n) is 3.36. The average Bonchev–Trinajstić information content (AvgIpc) is 2.75. The van der Waals surface area contributed by atoms with Gasteiger partial charge in [0.05, 0.1) is 5.69 Å². The zero-order chi connectivity index (χ0) is 20.2. The second kappa shape index (κ2) is 8.41. The number of carbonyl (C=O) groups excluding carboxylic acids is 1. The highest BCUT2D eigenvalue weighted by atomic mass is 16.1. The number of ketones is 1. The number of nitrogens with one attached hydrogen (secondary N) is 1. The number of nitrogens with zero attached hydrogens (tertiary/aromatic N) is 4. The summed E-state index contributed by atoms with van der Waals surface area (Å²) in [6.07, 6.45) is 0. The number of carbonyl (C=O) groups is 1. The van der Waals surface area contributed by atoms with Crippen molar-refractivity contribution in [3.63, 3.8) is 0 Å². The summed E-state index contributed by atoms with van der Waals surface area (Å²) in [5.41, 5.74) is 3.48. The second-order valence-corrected chi connectivity index (χ2v) is 7.35. The molecule has 0 saturated carbocycles. The van der Waals surface area contributed by atoms with Crippen molar-refractivity contribution in [2.24, 2.45) is 0 Å². The van der Waals surface area contributed by atoms with Gasteiger partial charge in [0.25, 0.3) is 0 Å². The third kappa shape index (κ3) is 4.60. The van der Waals surface area contributed by atoms with Gasteiger partial charge in [-0.1, -0.05) is 30.3 Å². The Labute approximate surface area is 171 Å². The van der Waals surface area contributed by atoms with E-state index in [1.807, 2.05) is 42.5 Å². The van der Waals surface area contributed by atoms with Crippen molar-refractivity contribution in [2.45, 2.75) is 6.92 Å². The number of likely N-dealkylation sites (N-methyl/N-ethyl adjacent to an activating group) is 1. The van der Waals surface area contributed by atoms with Crippen LogP contribution in [0.3, 0.4) is 0 Å². The molecule has 1 aromatic heterocycles. The number of benzene rings is 2. The van der Waals surface area contributed by atoms with E-state index in [9.17, 15) is 4.79 Å². The SMILES string of the molecule is CC(=O)c1ccc(Nc2nc(-c3ccccc3)cc(N3CCN(C)CC3)n2)cc1. The molecule has 2 heterocycles. The summed E-state index contributed by atoms with van der Waals surface area (Å²) >= 11 is 0. The highest BCUT2D eigenvalue weighted by molar-refractivity contribution is 5.94. The van der Waals surface area contributed by atoms with Gasteiger partial charge >= 0.3 is 0 Å². The molecule has 0 bridgehead atoms. The van der Waals surface area contributed by atoms with Gasteiger partial charge in [-0.15, -0.1) is 0 Å². The second-order valence-electron chi connectivity index (χ2n) is 7.35. The molecule has 6 nitrogen and oxygen atoms in total. The lowest BCUT2D eigenvalue weighted by Crippen LogP contribution is -2.44. The molecule has 0 atom stereocenters. The van der Waals surface area contributed by atoms with Crippen LogP contribution >= 0.6 is 0 Å². The Kier molecular flexibility index (Phi) is 5.53. The number of piperazine rings is 1. The first kappa shape index (κ1) is 19.1. The minimum absolute atomic E-state index is 0.0521. The van der Waals surface area contributed by atoms with Gasteiger partial charge in [0.15, 0.2) is 5.78 Å². The fourth-order valence-corrected chi connectivity index (χ4v) is 3.36. The first-order valence-electron chi connectivity index (χ1n) is 9.84. The van der Waals surface area contributed by atoms with Crippen LogP contribution in [0.2, 0.25) is 0 Å². The Morgan fingerprint density at radius 1 is 0.931 bits per heavy atom. The summed E-state index contributed by atoms with van der Waals surface area (Å²) in [5, 5.41) is 3.30. The molecule has 0 aliphatic carbocycles. The summed E-state index contributed by atoms with van der Waals surface area (Å²) in [6, 6.07) is 19.6. The van der Waals surface area contributed by atoms with Crippen LogP contribution in [0, 0.1) is 0 Å². The van der Waals surface area contributed by atoms with E-state index in [2.05, 4.69) is 40.4 Å². The maximum Gasteiger partial charge on any atom is 0.229 e. The molecular formula is C23H25N5O. The van der Waals surface area contributed by atoms with Gasteiger partial charge in [0, 0.05) is 49.1 Å². The van der Waals surface area contributed by atoms with Crippen molar-refractivity contribution < 1.29 is 4.79 Å². The monoisotopic (exact) mass is 387 g/mol. The topological polar surface area (TPSA) is 61.4 Å². The van der Waals surface area contributed by atoms with Gasteiger partial charge in [0.2, 0.25) is 5.95 Å². The Hall–Kier alpha value is -3.25. The normalized spacial score (nSPS) is 14.6. The minimum atomic E-state index is 0.0521. The molecule has 0 amide bonds. The van der Waals surface area contributed by atoms with E-state index in [1.54, 1.807) is 6.92 Å². The van der Waals surface area contributed by atoms with E-state index in [4.69, 9.17) is 9.97 Å². The molecule has 1 aliphatic rings. The van der Waals surface area contributed by atoms with E-state index in [0.717, 1.165) is 48.9 Å². The van der Waals surface area contributed by atoms with Crippen molar-refractivity contribution in [3.8, 4) is 11.3 Å². The largest absolute Gasteiger partial charge is 0.354 e. The van der Waals surface area contributed by atoms with Crippen LogP contribution in [0.15, 0.2) is 60.7 Å². The molecule has 1 fully saturated rings. The molecule has 1 aliphatic heterocycles. The number of hydrogen-bond donors (Lipinski definition) is 1. The van der Waals surface area contributed by atoms with Crippen molar-refractivity contribution in [3.05, 3.63) is 66.2 Å². The molecule has 1 N–H and O–H groups in total. The number of hydrogen-bond acceptors (Lipinski definition) is 6. The maximum absolute atomic E-state index is 11.5. The van der Waals surface area contributed by atoms with Gasteiger partial charge in [-0.2, -0.15) is 4.98 Å². The van der Waals surface area contributed by atoms with Crippen LogP contribution < -0.4 is 10.2 Å². The lowest BCUT2D eigenvalue weighted by Gasteiger charge is -2.33. The van der Waals surface area contributed by atoms with Crippen molar-refractivity contribution >= 4 is 23.2 Å². The van der Waals surface area contributed by atoms with Gasteiger partial charge in [-0.05, 0) is 38.2 Å². The summed E-state index contributed by atoms with van der Waals surface area (Å²) in [7, 11) is 2.14. The zero-order valence-electron chi connectivity index (χ0n) is 16.8. The lowest BCUT2D eigenvalue weighted by molar-refractivity contribution is 0.101. The molecule has 4 rings (SSSR count). The number of Topliss-reactive ketones (excluding diaryl/α,β-unsaturated/α-hetero) is 1. The van der Waals surface area contributed by atoms with Crippen molar-refractivity contribution in [2.75, 3.05) is 43.4 Å². The van der Waals surface area contributed by atoms with E-state index in [-0.39, 0.29) is 5.78 Å². The molecule has 2 aromatic carbocycles. The van der Waals surface area contributed by atoms with Gasteiger partial charge < -0.3 is 15.1 Å². The summed E-state index contributed by atoms with van der Waals surface area (Å²) in [6.45, 7) is 5.47. The average molecular weight is 387 g/mol. The van der Waals surface area contributed by atoms with Crippen LogP contribution in [0.4, 0.5) is 17.5 Å². The van der Waals surface area contributed by atoms with Gasteiger partial charge in [0.1, 0.15) is 5.82 Å². The maximum atomic E-state index is 11.5. The van der Waals surface area contributed by atoms with Crippen LogP contribution in [0.5, 0.6) is 0 Å². The Morgan fingerprint density at radius 3 is 2.28 bits per heavy atom. The van der Waals surface area contributed by atoms with Crippen LogP contribution in [-0.4, -0.2) is 53.9 Å². The summed E-state index contributed by atoms with van der Waals surface area (Å²) < 4.78 is 0. The number of anilines is 3. The van der Waals surface area contributed by atoms with Gasteiger partial charge in [-0.25, -0.2) is 4.98 Å². The molecule has 0 unspecified atom stereocenters. The predicted molar refractivity (Wildman–Crippen MR) is 117 cm³/mol. The molecule has 3 aromatic rings. The van der Waals surface area contributed by atoms with Crippen molar-refractivity contribution in [1.29, 1.82) is 0 Å². The predicted octanol–water partition coefficient (Wildman–Crippen LogP) is 3.84. The van der Waals surface area contributed by atoms with E-state index < -0.39 is 0 Å². The molecule has 6 heteroatoms. The number of rotatable bonds is 5. The smallest absolute Gasteiger partial charge is 0.229 e. The quantitative estimate of drug-likeness (QED) is 0.671. The third-order valence-corrected chi connectivity index (χ3v) is 5.16. The molecule has 0 spiro atoms. The Morgan fingerprint density at radius 2 is 1.62 bits per heavy atom. The van der Waals surface area contributed by atoms with Crippen molar-refractivity contribution in [1.82, 2.24) is 14.9 Å². The highest BCUT2D eigenvalue weighted by Crippen LogP contribution is 2.25.